The highest BCUT2D eigenvalue weighted by Gasteiger charge is 2.27. The number of nitrogens with one attached hydrogen (secondary N) is 2. The third-order valence-corrected chi connectivity index (χ3v) is 3.12. The van der Waals surface area contributed by atoms with Gasteiger partial charge in [-0.15, -0.1) is 0 Å². The van der Waals surface area contributed by atoms with E-state index in [1.165, 1.54) is 12.8 Å². The van der Waals surface area contributed by atoms with E-state index in [0.717, 1.165) is 26.2 Å². The number of hydrogen-bond acceptors (Lipinski definition) is 3. The lowest BCUT2D eigenvalue weighted by Gasteiger charge is -2.33. The number of piperazine rings is 1. The van der Waals surface area contributed by atoms with Gasteiger partial charge in [-0.2, -0.15) is 0 Å². The van der Waals surface area contributed by atoms with E-state index >= 15 is 0 Å². The van der Waals surface area contributed by atoms with Crippen LogP contribution >= 0.6 is 0 Å². The fraction of sp³-hybridized carbons (Fsp3) is 0.900. The Kier molecular flexibility index (Phi) is 3.03. The summed E-state index contributed by atoms with van der Waals surface area (Å²) in [7, 11) is 0. The monoisotopic (exact) mass is 197 g/mol. The number of amides is 1. The van der Waals surface area contributed by atoms with Crippen molar-refractivity contribution in [1.82, 2.24) is 15.5 Å². The minimum absolute atomic E-state index is 0.00477. The molecule has 2 aliphatic rings. The molecule has 0 bridgehead atoms. The van der Waals surface area contributed by atoms with Gasteiger partial charge in [0.05, 0.1) is 6.04 Å². The van der Waals surface area contributed by atoms with Crippen LogP contribution in [0.2, 0.25) is 0 Å². The maximum Gasteiger partial charge on any atom is 0.239 e. The molecule has 2 fully saturated rings. The molecule has 80 valence electrons. The molecule has 2 heterocycles. The van der Waals surface area contributed by atoms with Gasteiger partial charge in [-0.25, -0.2) is 0 Å². The first-order valence-corrected chi connectivity index (χ1v) is 5.53. The van der Waals surface area contributed by atoms with E-state index in [1.54, 1.807) is 0 Å². The van der Waals surface area contributed by atoms with Crippen LogP contribution in [-0.2, 0) is 4.79 Å². The zero-order valence-corrected chi connectivity index (χ0v) is 8.75. The van der Waals surface area contributed by atoms with E-state index in [-0.39, 0.29) is 11.9 Å². The van der Waals surface area contributed by atoms with Gasteiger partial charge in [0.15, 0.2) is 0 Å². The molecule has 0 saturated carbocycles. The van der Waals surface area contributed by atoms with Crippen LogP contribution in [0.25, 0.3) is 0 Å². The van der Waals surface area contributed by atoms with Crippen molar-refractivity contribution in [2.75, 3.05) is 26.2 Å². The molecule has 2 N–H and O–H groups in total. The van der Waals surface area contributed by atoms with E-state index in [2.05, 4.69) is 10.6 Å². The van der Waals surface area contributed by atoms with Crippen LogP contribution in [-0.4, -0.2) is 49.1 Å². The first-order valence-electron chi connectivity index (χ1n) is 5.53. The Morgan fingerprint density at radius 3 is 3.00 bits per heavy atom. The summed E-state index contributed by atoms with van der Waals surface area (Å²) >= 11 is 0. The van der Waals surface area contributed by atoms with Crippen molar-refractivity contribution in [1.29, 1.82) is 0 Å². The summed E-state index contributed by atoms with van der Waals surface area (Å²) in [6.45, 7) is 5.74. The highest BCUT2D eigenvalue weighted by molar-refractivity contribution is 5.82. The van der Waals surface area contributed by atoms with Crippen LogP contribution in [0.15, 0.2) is 0 Å². The predicted octanol–water partition coefficient (Wildman–Crippen LogP) is -0.441. The largest absolute Gasteiger partial charge is 0.339 e. The van der Waals surface area contributed by atoms with Gasteiger partial charge < -0.3 is 15.5 Å². The average Bonchev–Trinajstić information content (AvgIpc) is 2.66. The summed E-state index contributed by atoms with van der Waals surface area (Å²) in [5.41, 5.74) is 0. The van der Waals surface area contributed by atoms with E-state index in [4.69, 9.17) is 0 Å². The van der Waals surface area contributed by atoms with Crippen molar-refractivity contribution in [3.8, 4) is 0 Å². The molecular formula is C10H19N3O. The summed E-state index contributed by atoms with van der Waals surface area (Å²) in [5.74, 6) is 0.255. The lowest BCUT2D eigenvalue weighted by Crippen LogP contribution is -2.56. The average molecular weight is 197 g/mol. The Morgan fingerprint density at radius 2 is 2.29 bits per heavy atom. The Balaban J connectivity index is 1.86. The van der Waals surface area contributed by atoms with Gasteiger partial charge in [0.25, 0.3) is 0 Å². The molecule has 14 heavy (non-hydrogen) atoms. The maximum atomic E-state index is 11.7. The second-order valence-corrected chi connectivity index (χ2v) is 4.25. The SMILES string of the molecule is CC1NCCN(CC2CCCN2)C1=O. The van der Waals surface area contributed by atoms with E-state index < -0.39 is 0 Å². The van der Waals surface area contributed by atoms with Crippen LogP contribution in [0.3, 0.4) is 0 Å². The third kappa shape index (κ3) is 2.07. The van der Waals surface area contributed by atoms with Crippen molar-refractivity contribution < 1.29 is 4.79 Å². The van der Waals surface area contributed by atoms with E-state index in [9.17, 15) is 4.79 Å². The van der Waals surface area contributed by atoms with Gasteiger partial charge in [-0.3, -0.25) is 4.79 Å². The summed E-state index contributed by atoms with van der Waals surface area (Å²) in [6.07, 6.45) is 2.46. The predicted molar refractivity (Wildman–Crippen MR) is 55.1 cm³/mol. The van der Waals surface area contributed by atoms with E-state index in [0.29, 0.717) is 6.04 Å². The Bertz CT molecular complexity index is 213. The molecule has 2 aliphatic heterocycles. The molecule has 2 atom stereocenters. The van der Waals surface area contributed by atoms with Gasteiger partial charge in [-0.05, 0) is 26.3 Å². The van der Waals surface area contributed by atoms with Crippen LogP contribution in [0, 0.1) is 0 Å². The molecule has 2 rings (SSSR count). The number of rotatable bonds is 2. The topological polar surface area (TPSA) is 44.4 Å². The smallest absolute Gasteiger partial charge is 0.239 e. The number of nitrogens with zero attached hydrogens (tertiary/aromatic N) is 1. The fourth-order valence-corrected chi connectivity index (χ4v) is 2.25. The molecule has 0 radical (unpaired) electrons. The van der Waals surface area contributed by atoms with Gasteiger partial charge in [0, 0.05) is 25.7 Å². The zero-order chi connectivity index (χ0) is 9.97. The van der Waals surface area contributed by atoms with Gasteiger partial charge in [-0.1, -0.05) is 0 Å². The quantitative estimate of drug-likeness (QED) is 0.631. The van der Waals surface area contributed by atoms with Crippen LogP contribution < -0.4 is 10.6 Å². The number of carbonyl (C=O) groups excluding carboxylic acids is 1. The van der Waals surface area contributed by atoms with Gasteiger partial charge in [0.2, 0.25) is 5.91 Å². The van der Waals surface area contributed by atoms with Crippen LogP contribution in [0.1, 0.15) is 19.8 Å². The van der Waals surface area contributed by atoms with Crippen molar-refractivity contribution >= 4 is 5.91 Å². The molecule has 4 heteroatoms. The lowest BCUT2D eigenvalue weighted by molar-refractivity contribution is -0.135. The van der Waals surface area contributed by atoms with Crippen LogP contribution in [0.5, 0.6) is 0 Å². The minimum Gasteiger partial charge on any atom is -0.339 e. The highest BCUT2D eigenvalue weighted by atomic mass is 16.2. The molecule has 0 aromatic heterocycles. The normalized spacial score (nSPS) is 33.8. The Morgan fingerprint density at radius 1 is 1.43 bits per heavy atom. The molecule has 1 amide bonds. The lowest BCUT2D eigenvalue weighted by atomic mass is 10.1. The summed E-state index contributed by atoms with van der Waals surface area (Å²) in [5, 5.41) is 6.60. The van der Waals surface area contributed by atoms with Gasteiger partial charge >= 0.3 is 0 Å². The first kappa shape index (κ1) is 9.93. The Hall–Kier alpha value is -0.610. The Labute approximate surface area is 85.0 Å². The van der Waals surface area contributed by atoms with Crippen LogP contribution in [0.4, 0.5) is 0 Å². The van der Waals surface area contributed by atoms with Crippen molar-refractivity contribution in [3.05, 3.63) is 0 Å². The first-order chi connectivity index (χ1) is 6.77. The summed E-state index contributed by atoms with van der Waals surface area (Å²) < 4.78 is 0. The minimum atomic E-state index is 0.00477. The van der Waals surface area contributed by atoms with E-state index in [1.807, 2.05) is 11.8 Å². The highest BCUT2D eigenvalue weighted by Crippen LogP contribution is 2.09. The van der Waals surface area contributed by atoms with Crippen molar-refractivity contribution in [2.45, 2.75) is 31.8 Å². The molecule has 0 aromatic rings. The summed E-state index contributed by atoms with van der Waals surface area (Å²) in [4.78, 5) is 13.7. The molecule has 0 aliphatic carbocycles. The maximum absolute atomic E-state index is 11.7. The fourth-order valence-electron chi connectivity index (χ4n) is 2.25. The zero-order valence-electron chi connectivity index (χ0n) is 8.75. The second kappa shape index (κ2) is 4.28. The summed E-state index contributed by atoms with van der Waals surface area (Å²) in [6, 6.07) is 0.536. The molecule has 2 saturated heterocycles. The second-order valence-electron chi connectivity index (χ2n) is 4.25. The standard InChI is InChI=1S/C10H19N3O/c1-8-10(14)13(6-5-11-8)7-9-3-2-4-12-9/h8-9,11-12H,2-7H2,1H3. The molecule has 4 nitrogen and oxygen atoms in total. The molecule has 0 aromatic carbocycles. The van der Waals surface area contributed by atoms with Gasteiger partial charge in [0.1, 0.15) is 0 Å². The number of carbonyl (C=O) groups is 1. The van der Waals surface area contributed by atoms with Crippen molar-refractivity contribution in [3.63, 3.8) is 0 Å². The molecule has 2 unspecified atom stereocenters. The number of hydrogen-bond donors (Lipinski definition) is 2. The molecule has 0 spiro atoms. The third-order valence-electron chi connectivity index (χ3n) is 3.12. The molecular weight excluding hydrogens is 178 g/mol. The van der Waals surface area contributed by atoms with Crippen molar-refractivity contribution in [2.24, 2.45) is 0 Å².